The summed E-state index contributed by atoms with van der Waals surface area (Å²) in [7, 11) is 0. The van der Waals surface area contributed by atoms with Crippen molar-refractivity contribution in [2.75, 3.05) is 0 Å². The molecule has 0 aromatic carbocycles. The van der Waals surface area contributed by atoms with Crippen molar-refractivity contribution in [1.29, 1.82) is 5.26 Å². The fourth-order valence-electron chi connectivity index (χ4n) is 1.20. The molecule has 1 heterocycles. The van der Waals surface area contributed by atoms with Gasteiger partial charge in [-0.2, -0.15) is 18.4 Å². The number of aryl methyl sites for hydroxylation is 1. The molecule has 3 nitrogen and oxygen atoms in total. The van der Waals surface area contributed by atoms with Crippen LogP contribution in [0.3, 0.4) is 0 Å². The topological polar surface area (TPSA) is 45.8 Å². The van der Waals surface area contributed by atoms with Gasteiger partial charge in [-0.1, -0.05) is 0 Å². The van der Waals surface area contributed by atoms with Gasteiger partial charge in [0.1, 0.15) is 0 Å². The molecule has 86 valence electrons. The van der Waals surface area contributed by atoms with Crippen LogP contribution < -0.4 is 5.56 Å². The van der Waals surface area contributed by atoms with Crippen molar-refractivity contribution in [3.63, 3.8) is 0 Å². The van der Waals surface area contributed by atoms with E-state index in [1.807, 2.05) is 6.07 Å². The highest BCUT2D eigenvalue weighted by molar-refractivity contribution is 5.13. The van der Waals surface area contributed by atoms with E-state index in [1.54, 1.807) is 0 Å². The van der Waals surface area contributed by atoms with E-state index in [1.165, 1.54) is 0 Å². The number of aromatic nitrogens is 1. The first-order chi connectivity index (χ1) is 7.45. The smallest absolute Gasteiger partial charge is 0.315 e. The number of hydrogen-bond donors (Lipinski definition) is 0. The van der Waals surface area contributed by atoms with Gasteiger partial charge in [0.2, 0.25) is 0 Å². The lowest BCUT2D eigenvalue weighted by Gasteiger charge is -2.09. The van der Waals surface area contributed by atoms with Crippen LogP contribution in [-0.4, -0.2) is 4.57 Å². The molecule has 1 aromatic rings. The van der Waals surface area contributed by atoms with Crippen molar-refractivity contribution >= 4 is 0 Å². The van der Waals surface area contributed by atoms with Crippen molar-refractivity contribution < 1.29 is 13.2 Å². The highest BCUT2D eigenvalue weighted by Crippen LogP contribution is 2.27. The Kier molecular flexibility index (Phi) is 3.72. The van der Waals surface area contributed by atoms with Crippen LogP contribution in [0.2, 0.25) is 0 Å². The van der Waals surface area contributed by atoms with Gasteiger partial charge >= 0.3 is 6.18 Å². The lowest BCUT2D eigenvalue weighted by Crippen LogP contribution is -2.21. The van der Waals surface area contributed by atoms with Crippen LogP contribution in [0.15, 0.2) is 23.1 Å². The maximum absolute atomic E-state index is 12.3. The van der Waals surface area contributed by atoms with Crippen LogP contribution in [0.1, 0.15) is 18.4 Å². The Hall–Kier alpha value is -1.77. The summed E-state index contributed by atoms with van der Waals surface area (Å²) in [6, 6.07) is 3.50. The van der Waals surface area contributed by atoms with Gasteiger partial charge in [0.15, 0.2) is 0 Å². The van der Waals surface area contributed by atoms with Crippen LogP contribution in [-0.2, 0) is 12.7 Å². The minimum atomic E-state index is -4.45. The Morgan fingerprint density at radius 3 is 2.62 bits per heavy atom. The van der Waals surface area contributed by atoms with Gasteiger partial charge in [-0.3, -0.25) is 4.79 Å². The Balaban J connectivity index is 2.92. The van der Waals surface area contributed by atoms with Crippen LogP contribution in [0, 0.1) is 11.3 Å². The normalized spacial score (nSPS) is 11.1. The van der Waals surface area contributed by atoms with Gasteiger partial charge in [0, 0.05) is 25.2 Å². The third kappa shape index (κ3) is 3.12. The maximum Gasteiger partial charge on any atom is 0.417 e. The first kappa shape index (κ1) is 12.3. The molecule has 0 radical (unpaired) electrons. The number of hydrogen-bond acceptors (Lipinski definition) is 2. The van der Waals surface area contributed by atoms with Crippen LogP contribution in [0.5, 0.6) is 0 Å². The van der Waals surface area contributed by atoms with Crippen LogP contribution in [0.25, 0.3) is 0 Å². The standard InChI is InChI=1S/C10H9F3N2O/c11-10(12,13)8-3-4-9(16)15(7-8)6-2-1-5-14/h3-4,7H,1-2,6H2. The first-order valence-electron chi connectivity index (χ1n) is 4.60. The van der Waals surface area contributed by atoms with Crippen molar-refractivity contribution in [3.05, 3.63) is 34.2 Å². The second-order valence-electron chi connectivity index (χ2n) is 3.21. The fraction of sp³-hybridized carbons (Fsp3) is 0.400. The molecule has 0 saturated carbocycles. The highest BCUT2D eigenvalue weighted by atomic mass is 19.4. The number of pyridine rings is 1. The molecule has 0 atom stereocenters. The van der Waals surface area contributed by atoms with Gasteiger partial charge in [0.05, 0.1) is 11.6 Å². The predicted molar refractivity (Wildman–Crippen MR) is 50.6 cm³/mol. The van der Waals surface area contributed by atoms with Gasteiger partial charge < -0.3 is 4.57 Å². The molecule has 0 N–H and O–H groups in total. The largest absolute Gasteiger partial charge is 0.417 e. The van der Waals surface area contributed by atoms with E-state index in [0.717, 1.165) is 22.9 Å². The molecule has 1 aromatic heterocycles. The Bertz CT molecular complexity index is 456. The minimum Gasteiger partial charge on any atom is -0.315 e. The molecule has 0 aliphatic rings. The quantitative estimate of drug-likeness (QED) is 0.747. The molecule has 0 saturated heterocycles. The summed E-state index contributed by atoms with van der Waals surface area (Å²) < 4.78 is 37.9. The van der Waals surface area contributed by atoms with Gasteiger partial charge in [-0.05, 0) is 12.5 Å². The molecule has 16 heavy (non-hydrogen) atoms. The molecule has 0 aliphatic carbocycles. The van der Waals surface area contributed by atoms with Crippen molar-refractivity contribution in [1.82, 2.24) is 4.57 Å². The summed E-state index contributed by atoms with van der Waals surface area (Å²) in [5, 5.41) is 8.28. The maximum atomic E-state index is 12.3. The Morgan fingerprint density at radius 2 is 2.06 bits per heavy atom. The molecule has 0 spiro atoms. The lowest BCUT2D eigenvalue weighted by molar-refractivity contribution is -0.138. The highest BCUT2D eigenvalue weighted by Gasteiger charge is 2.30. The van der Waals surface area contributed by atoms with Crippen molar-refractivity contribution in [2.45, 2.75) is 25.6 Å². The first-order valence-corrected chi connectivity index (χ1v) is 4.60. The molecule has 1 rings (SSSR count). The van der Waals surface area contributed by atoms with Gasteiger partial charge in [-0.15, -0.1) is 0 Å². The van der Waals surface area contributed by atoms with Gasteiger partial charge in [0.25, 0.3) is 5.56 Å². The second-order valence-corrected chi connectivity index (χ2v) is 3.21. The monoisotopic (exact) mass is 230 g/mol. The lowest BCUT2D eigenvalue weighted by atomic mass is 10.2. The number of alkyl halides is 3. The second kappa shape index (κ2) is 4.84. The molecular formula is C10H9F3N2O. The molecule has 0 aliphatic heterocycles. The Morgan fingerprint density at radius 1 is 1.38 bits per heavy atom. The Labute approximate surface area is 89.7 Å². The summed E-state index contributed by atoms with van der Waals surface area (Å²) in [5.74, 6) is 0. The molecule has 0 unspecified atom stereocenters. The summed E-state index contributed by atoms with van der Waals surface area (Å²) in [6.45, 7) is 0.121. The van der Waals surface area contributed by atoms with E-state index < -0.39 is 17.3 Å². The van der Waals surface area contributed by atoms with Crippen molar-refractivity contribution in [2.24, 2.45) is 0 Å². The molecule has 6 heteroatoms. The zero-order valence-electron chi connectivity index (χ0n) is 8.29. The minimum absolute atomic E-state index is 0.121. The molecule has 0 fully saturated rings. The predicted octanol–water partition coefficient (Wildman–Crippen LogP) is 2.17. The molecule has 0 amide bonds. The zero-order valence-corrected chi connectivity index (χ0v) is 8.29. The number of unbranched alkanes of at least 4 members (excludes halogenated alkanes) is 1. The third-order valence-electron chi connectivity index (χ3n) is 2.00. The van der Waals surface area contributed by atoms with Crippen molar-refractivity contribution in [3.8, 4) is 6.07 Å². The van der Waals surface area contributed by atoms with E-state index in [-0.39, 0.29) is 13.0 Å². The van der Waals surface area contributed by atoms with E-state index in [2.05, 4.69) is 0 Å². The molecular weight excluding hydrogens is 221 g/mol. The van der Waals surface area contributed by atoms with Crippen LogP contribution in [0.4, 0.5) is 13.2 Å². The number of nitrogens with zero attached hydrogens (tertiary/aromatic N) is 2. The summed E-state index contributed by atoms with van der Waals surface area (Å²) in [6.07, 6.45) is -3.11. The number of rotatable bonds is 3. The molecule has 0 bridgehead atoms. The average Bonchev–Trinajstić information content (AvgIpc) is 2.19. The summed E-state index contributed by atoms with van der Waals surface area (Å²) >= 11 is 0. The number of halogens is 3. The third-order valence-corrected chi connectivity index (χ3v) is 2.00. The zero-order chi connectivity index (χ0) is 12.2. The van der Waals surface area contributed by atoms with E-state index >= 15 is 0 Å². The van der Waals surface area contributed by atoms with E-state index in [0.29, 0.717) is 6.42 Å². The van der Waals surface area contributed by atoms with E-state index in [4.69, 9.17) is 5.26 Å². The summed E-state index contributed by atoms with van der Waals surface area (Å²) in [5.41, 5.74) is -1.35. The average molecular weight is 230 g/mol. The van der Waals surface area contributed by atoms with Crippen LogP contribution >= 0.6 is 0 Å². The number of nitriles is 1. The summed E-state index contributed by atoms with van der Waals surface area (Å²) in [4.78, 5) is 11.2. The fourth-order valence-corrected chi connectivity index (χ4v) is 1.20. The SMILES string of the molecule is N#CCCCn1cc(C(F)(F)F)ccc1=O. The van der Waals surface area contributed by atoms with E-state index in [9.17, 15) is 18.0 Å². The van der Waals surface area contributed by atoms with Gasteiger partial charge in [-0.25, -0.2) is 0 Å².